The molecule has 1 atom stereocenters. The molecule has 0 aliphatic carbocycles. The van der Waals surface area contributed by atoms with E-state index in [0.717, 1.165) is 18.7 Å². The molecule has 1 heterocycles. The molecule has 20 heavy (non-hydrogen) atoms. The zero-order valence-electron chi connectivity index (χ0n) is 11.8. The van der Waals surface area contributed by atoms with Crippen LogP contribution in [0.2, 0.25) is 0 Å². The number of morpholine rings is 1. The van der Waals surface area contributed by atoms with Gasteiger partial charge in [-0.2, -0.15) is 5.26 Å². The predicted molar refractivity (Wildman–Crippen MR) is 72.6 cm³/mol. The summed E-state index contributed by atoms with van der Waals surface area (Å²) in [6, 6.07) is 6.25. The standard InChI is InChI=1S/C15H19FN2O2/c1-15(2)10-18-7-13(20-15)9-19-8-11-3-4-14(16)12(5-11)6-17/h3-5,13,18H,7-10H2,1-2H3. The topological polar surface area (TPSA) is 54.3 Å². The van der Waals surface area contributed by atoms with Gasteiger partial charge in [-0.25, -0.2) is 4.39 Å². The fourth-order valence-electron chi connectivity index (χ4n) is 2.22. The fourth-order valence-corrected chi connectivity index (χ4v) is 2.22. The lowest BCUT2D eigenvalue weighted by Gasteiger charge is -2.36. The molecule has 1 aromatic rings. The van der Waals surface area contributed by atoms with Gasteiger partial charge in [0.25, 0.3) is 0 Å². The highest BCUT2D eigenvalue weighted by Crippen LogP contribution is 2.16. The van der Waals surface area contributed by atoms with Gasteiger partial charge in [0.05, 0.1) is 30.5 Å². The first-order valence-electron chi connectivity index (χ1n) is 6.65. The number of ether oxygens (including phenoxy) is 2. The van der Waals surface area contributed by atoms with Crippen LogP contribution in [0.1, 0.15) is 25.0 Å². The van der Waals surface area contributed by atoms with Crippen LogP contribution in [0, 0.1) is 17.1 Å². The summed E-state index contributed by atoms with van der Waals surface area (Å²) in [5.41, 5.74) is 0.643. The van der Waals surface area contributed by atoms with Gasteiger partial charge >= 0.3 is 0 Å². The second kappa shape index (κ2) is 6.31. The molecule has 108 valence electrons. The molecule has 1 aliphatic heterocycles. The molecular weight excluding hydrogens is 259 g/mol. The summed E-state index contributed by atoms with van der Waals surface area (Å²) >= 11 is 0. The molecule has 0 amide bonds. The average molecular weight is 278 g/mol. The lowest BCUT2D eigenvalue weighted by molar-refractivity contribution is -0.122. The first-order valence-corrected chi connectivity index (χ1v) is 6.65. The minimum Gasteiger partial charge on any atom is -0.374 e. The van der Waals surface area contributed by atoms with Crippen LogP contribution in [-0.4, -0.2) is 31.4 Å². The molecule has 0 spiro atoms. The van der Waals surface area contributed by atoms with Gasteiger partial charge in [-0.1, -0.05) is 6.07 Å². The summed E-state index contributed by atoms with van der Waals surface area (Å²) in [6.45, 7) is 6.46. The van der Waals surface area contributed by atoms with Crippen LogP contribution in [-0.2, 0) is 16.1 Å². The van der Waals surface area contributed by atoms with Gasteiger partial charge in [-0.3, -0.25) is 0 Å². The Bertz CT molecular complexity index is 511. The highest BCUT2D eigenvalue weighted by atomic mass is 19.1. The van der Waals surface area contributed by atoms with Gasteiger partial charge in [0, 0.05) is 13.1 Å². The smallest absolute Gasteiger partial charge is 0.140 e. The SMILES string of the molecule is CC1(C)CNCC(COCc2ccc(F)c(C#N)c2)O1. The Hall–Kier alpha value is -1.48. The number of benzene rings is 1. The first-order chi connectivity index (χ1) is 9.50. The van der Waals surface area contributed by atoms with E-state index in [9.17, 15) is 4.39 Å². The molecule has 0 bridgehead atoms. The molecule has 1 aromatic carbocycles. The van der Waals surface area contributed by atoms with E-state index in [1.807, 2.05) is 19.9 Å². The molecule has 5 heteroatoms. The highest BCUT2D eigenvalue weighted by Gasteiger charge is 2.28. The fraction of sp³-hybridized carbons (Fsp3) is 0.533. The second-order valence-corrected chi connectivity index (χ2v) is 5.57. The maximum atomic E-state index is 13.2. The summed E-state index contributed by atoms with van der Waals surface area (Å²) in [6.07, 6.45) is 0.00892. The maximum absolute atomic E-state index is 13.2. The van der Waals surface area contributed by atoms with Crippen LogP contribution < -0.4 is 5.32 Å². The Morgan fingerprint density at radius 1 is 1.55 bits per heavy atom. The molecule has 2 rings (SSSR count). The van der Waals surface area contributed by atoms with Gasteiger partial charge in [0.15, 0.2) is 0 Å². The zero-order valence-corrected chi connectivity index (χ0v) is 11.8. The second-order valence-electron chi connectivity index (χ2n) is 5.57. The molecule has 0 radical (unpaired) electrons. The van der Waals surface area contributed by atoms with Crippen molar-refractivity contribution < 1.29 is 13.9 Å². The summed E-state index contributed by atoms with van der Waals surface area (Å²) in [5.74, 6) is -0.502. The molecule has 1 unspecified atom stereocenters. The number of halogens is 1. The molecule has 1 N–H and O–H groups in total. The molecule has 1 aliphatic rings. The van der Waals surface area contributed by atoms with E-state index in [1.165, 1.54) is 12.1 Å². The Morgan fingerprint density at radius 3 is 3.05 bits per heavy atom. The summed E-state index contributed by atoms with van der Waals surface area (Å²) in [4.78, 5) is 0. The Morgan fingerprint density at radius 2 is 2.35 bits per heavy atom. The van der Waals surface area contributed by atoms with E-state index in [0.29, 0.717) is 13.2 Å². The molecule has 1 fully saturated rings. The number of hydrogen-bond acceptors (Lipinski definition) is 4. The van der Waals surface area contributed by atoms with Crippen LogP contribution >= 0.6 is 0 Å². The number of nitrogens with one attached hydrogen (secondary N) is 1. The van der Waals surface area contributed by atoms with Gasteiger partial charge < -0.3 is 14.8 Å². The normalized spacial score (nSPS) is 21.4. The van der Waals surface area contributed by atoms with Crippen molar-refractivity contribution in [3.8, 4) is 6.07 Å². The van der Waals surface area contributed by atoms with Crippen molar-refractivity contribution in [2.45, 2.75) is 32.2 Å². The third-order valence-electron chi connectivity index (χ3n) is 3.13. The monoisotopic (exact) mass is 278 g/mol. The minimum atomic E-state index is -0.502. The number of hydrogen-bond donors (Lipinski definition) is 1. The summed E-state index contributed by atoms with van der Waals surface area (Å²) < 4.78 is 24.6. The van der Waals surface area contributed by atoms with E-state index in [2.05, 4.69) is 5.32 Å². The van der Waals surface area contributed by atoms with Gasteiger partial charge in [-0.15, -0.1) is 0 Å². The van der Waals surface area contributed by atoms with Gasteiger partial charge in [0.1, 0.15) is 11.9 Å². The van der Waals surface area contributed by atoms with E-state index >= 15 is 0 Å². The van der Waals surface area contributed by atoms with Crippen molar-refractivity contribution in [1.82, 2.24) is 5.32 Å². The molecule has 4 nitrogen and oxygen atoms in total. The largest absolute Gasteiger partial charge is 0.374 e. The van der Waals surface area contributed by atoms with Crippen LogP contribution in [0.4, 0.5) is 4.39 Å². The van der Waals surface area contributed by atoms with Gasteiger partial charge in [-0.05, 0) is 31.5 Å². The van der Waals surface area contributed by atoms with Crippen LogP contribution in [0.25, 0.3) is 0 Å². The van der Waals surface area contributed by atoms with Crippen molar-refractivity contribution in [3.05, 3.63) is 35.1 Å². The van der Waals surface area contributed by atoms with Crippen molar-refractivity contribution >= 4 is 0 Å². The van der Waals surface area contributed by atoms with Gasteiger partial charge in [0.2, 0.25) is 0 Å². The van der Waals surface area contributed by atoms with Crippen LogP contribution in [0.5, 0.6) is 0 Å². The van der Waals surface area contributed by atoms with E-state index in [4.69, 9.17) is 14.7 Å². The van der Waals surface area contributed by atoms with Crippen molar-refractivity contribution in [2.75, 3.05) is 19.7 Å². The number of rotatable bonds is 4. The Labute approximate surface area is 118 Å². The van der Waals surface area contributed by atoms with Crippen LogP contribution in [0.15, 0.2) is 18.2 Å². The molecular formula is C15H19FN2O2. The Kier molecular flexibility index (Phi) is 4.71. The zero-order chi connectivity index (χ0) is 14.6. The predicted octanol–water partition coefficient (Wildman–Crippen LogP) is 1.98. The van der Waals surface area contributed by atoms with E-state index < -0.39 is 5.82 Å². The maximum Gasteiger partial charge on any atom is 0.140 e. The molecule has 1 saturated heterocycles. The summed E-state index contributed by atoms with van der Waals surface area (Å²) in [5, 5.41) is 12.1. The van der Waals surface area contributed by atoms with Crippen LogP contribution in [0.3, 0.4) is 0 Å². The first kappa shape index (κ1) is 14.9. The van der Waals surface area contributed by atoms with Crippen molar-refractivity contribution in [3.63, 3.8) is 0 Å². The van der Waals surface area contributed by atoms with E-state index in [-0.39, 0.29) is 17.3 Å². The lowest BCUT2D eigenvalue weighted by atomic mass is 10.1. The average Bonchev–Trinajstić information content (AvgIpc) is 2.39. The third kappa shape index (κ3) is 4.01. The van der Waals surface area contributed by atoms with Crippen molar-refractivity contribution in [1.29, 1.82) is 5.26 Å². The Balaban J connectivity index is 1.83. The molecule has 0 aromatic heterocycles. The number of nitriles is 1. The van der Waals surface area contributed by atoms with Crippen molar-refractivity contribution in [2.24, 2.45) is 0 Å². The summed E-state index contributed by atoms with van der Waals surface area (Å²) in [7, 11) is 0. The number of nitrogens with zero attached hydrogens (tertiary/aromatic N) is 1. The van der Waals surface area contributed by atoms with E-state index in [1.54, 1.807) is 6.07 Å². The highest BCUT2D eigenvalue weighted by molar-refractivity contribution is 5.34. The lowest BCUT2D eigenvalue weighted by Crippen LogP contribution is -2.51. The minimum absolute atomic E-state index is 0.00892. The quantitative estimate of drug-likeness (QED) is 0.915. The third-order valence-corrected chi connectivity index (χ3v) is 3.13. The molecule has 0 saturated carbocycles.